The summed E-state index contributed by atoms with van der Waals surface area (Å²) in [6.07, 6.45) is 5.50. The summed E-state index contributed by atoms with van der Waals surface area (Å²) in [5.74, 6) is 0.210. The van der Waals surface area contributed by atoms with E-state index in [0.717, 1.165) is 37.1 Å². The molecule has 2 aliphatic rings. The van der Waals surface area contributed by atoms with Gasteiger partial charge in [0.25, 0.3) is 0 Å². The van der Waals surface area contributed by atoms with Crippen molar-refractivity contribution in [2.24, 2.45) is 5.92 Å². The quantitative estimate of drug-likeness (QED) is 0.820. The van der Waals surface area contributed by atoms with E-state index in [0.29, 0.717) is 13.1 Å². The Bertz CT molecular complexity index is 519. The third-order valence-corrected chi connectivity index (χ3v) is 4.07. The molecule has 0 unspecified atom stereocenters. The molecular weight excluding hydrogens is 258 g/mol. The lowest BCUT2D eigenvalue weighted by molar-refractivity contribution is -0.126. The predicted octanol–water partition coefficient (Wildman–Crippen LogP) is 0.104. The Morgan fingerprint density at radius 1 is 1.35 bits per heavy atom. The molecule has 2 heterocycles. The van der Waals surface area contributed by atoms with E-state index in [9.17, 15) is 9.59 Å². The number of nitrogens with zero attached hydrogens (tertiary/aromatic N) is 3. The van der Waals surface area contributed by atoms with Crippen molar-refractivity contribution in [2.45, 2.75) is 51.7 Å². The van der Waals surface area contributed by atoms with E-state index in [-0.39, 0.29) is 24.3 Å². The van der Waals surface area contributed by atoms with Crippen molar-refractivity contribution in [2.75, 3.05) is 0 Å². The van der Waals surface area contributed by atoms with Crippen molar-refractivity contribution in [3.8, 4) is 0 Å². The van der Waals surface area contributed by atoms with Gasteiger partial charge in [-0.15, -0.1) is 5.10 Å². The van der Waals surface area contributed by atoms with Crippen LogP contribution in [0.3, 0.4) is 0 Å². The van der Waals surface area contributed by atoms with E-state index in [4.69, 9.17) is 0 Å². The van der Waals surface area contributed by atoms with Gasteiger partial charge in [0.2, 0.25) is 11.8 Å². The van der Waals surface area contributed by atoms with Gasteiger partial charge in [-0.05, 0) is 12.8 Å². The van der Waals surface area contributed by atoms with Gasteiger partial charge < -0.3 is 10.6 Å². The first-order valence-corrected chi connectivity index (χ1v) is 7.19. The molecule has 1 aliphatic carbocycles. The van der Waals surface area contributed by atoms with E-state index in [1.807, 2.05) is 0 Å². The van der Waals surface area contributed by atoms with E-state index < -0.39 is 0 Å². The van der Waals surface area contributed by atoms with Gasteiger partial charge in [-0.3, -0.25) is 9.59 Å². The zero-order chi connectivity index (χ0) is 13.9. The lowest BCUT2D eigenvalue weighted by Crippen LogP contribution is -2.36. The summed E-state index contributed by atoms with van der Waals surface area (Å²) in [4.78, 5) is 23.3. The third-order valence-electron chi connectivity index (χ3n) is 4.07. The summed E-state index contributed by atoms with van der Waals surface area (Å²) in [6.45, 7) is 1.03. The van der Waals surface area contributed by atoms with Gasteiger partial charge in [-0.25, -0.2) is 4.68 Å². The minimum atomic E-state index is -0.0554. The highest BCUT2D eigenvalue weighted by atomic mass is 16.2. The lowest BCUT2D eigenvalue weighted by atomic mass is 9.89. The Labute approximate surface area is 117 Å². The van der Waals surface area contributed by atoms with Crippen LogP contribution in [0.15, 0.2) is 0 Å². The predicted molar refractivity (Wildman–Crippen MR) is 70.3 cm³/mol. The van der Waals surface area contributed by atoms with Gasteiger partial charge in [0.1, 0.15) is 12.2 Å². The number of fused-ring (bicyclic) bond motifs is 1. The molecule has 1 aromatic heterocycles. The molecule has 108 valence electrons. The van der Waals surface area contributed by atoms with E-state index in [1.165, 1.54) is 6.42 Å². The summed E-state index contributed by atoms with van der Waals surface area (Å²) < 4.78 is 1.60. The molecule has 0 radical (unpaired) electrons. The van der Waals surface area contributed by atoms with Crippen LogP contribution in [0.25, 0.3) is 0 Å². The normalized spacial score (nSPS) is 19.3. The monoisotopic (exact) mass is 277 g/mol. The number of hydrogen-bond donors (Lipinski definition) is 2. The molecule has 0 spiro atoms. The minimum absolute atomic E-state index is 0.0554. The molecule has 7 heteroatoms. The minimum Gasteiger partial charge on any atom is -0.350 e. The topological polar surface area (TPSA) is 88.9 Å². The molecule has 0 bridgehead atoms. The zero-order valence-corrected chi connectivity index (χ0v) is 11.4. The average molecular weight is 277 g/mol. The largest absolute Gasteiger partial charge is 0.350 e. The highest BCUT2D eigenvalue weighted by Gasteiger charge is 2.23. The molecule has 2 N–H and O–H groups in total. The summed E-state index contributed by atoms with van der Waals surface area (Å²) in [5, 5.41) is 13.7. The van der Waals surface area contributed by atoms with E-state index >= 15 is 0 Å². The van der Waals surface area contributed by atoms with Crippen LogP contribution in [0.5, 0.6) is 0 Å². The van der Waals surface area contributed by atoms with Crippen molar-refractivity contribution >= 4 is 11.8 Å². The van der Waals surface area contributed by atoms with Crippen LogP contribution in [0.2, 0.25) is 0 Å². The van der Waals surface area contributed by atoms with Crippen molar-refractivity contribution in [3.05, 3.63) is 11.4 Å². The molecule has 0 aromatic carbocycles. The maximum Gasteiger partial charge on any atom is 0.242 e. The Morgan fingerprint density at radius 3 is 2.95 bits per heavy atom. The van der Waals surface area contributed by atoms with Crippen LogP contribution in [0.4, 0.5) is 0 Å². The van der Waals surface area contributed by atoms with Crippen LogP contribution in [-0.2, 0) is 29.2 Å². The zero-order valence-electron chi connectivity index (χ0n) is 11.4. The molecule has 1 aromatic rings. The van der Waals surface area contributed by atoms with Crippen LogP contribution in [0, 0.1) is 5.92 Å². The first kappa shape index (κ1) is 13.1. The maximum absolute atomic E-state index is 12.1. The van der Waals surface area contributed by atoms with Crippen molar-refractivity contribution in [1.82, 2.24) is 25.6 Å². The number of amides is 2. The van der Waals surface area contributed by atoms with E-state index in [1.54, 1.807) is 4.68 Å². The standard InChI is InChI=1S/C13H19N5O2/c19-12-8-18-11(7-14-12)10(16-17-18)6-15-13(20)9-4-2-1-3-5-9/h9H,1-8H2,(H,14,19)(H,15,20). The number of nitrogens with one attached hydrogen (secondary N) is 2. The summed E-state index contributed by atoms with van der Waals surface area (Å²) in [5.41, 5.74) is 1.63. The maximum atomic E-state index is 12.1. The number of rotatable bonds is 3. The highest BCUT2D eigenvalue weighted by molar-refractivity contribution is 5.78. The highest BCUT2D eigenvalue weighted by Crippen LogP contribution is 2.23. The first-order chi connectivity index (χ1) is 9.74. The molecule has 7 nitrogen and oxygen atoms in total. The van der Waals surface area contributed by atoms with Gasteiger partial charge in [-0.1, -0.05) is 24.5 Å². The van der Waals surface area contributed by atoms with Crippen molar-refractivity contribution in [3.63, 3.8) is 0 Å². The summed E-state index contributed by atoms with van der Waals surface area (Å²) in [7, 11) is 0. The third kappa shape index (κ3) is 2.66. The molecule has 0 atom stereocenters. The number of aromatic nitrogens is 3. The van der Waals surface area contributed by atoms with Gasteiger partial charge in [-0.2, -0.15) is 0 Å². The van der Waals surface area contributed by atoms with Gasteiger partial charge in [0.15, 0.2) is 0 Å². The Morgan fingerprint density at radius 2 is 2.15 bits per heavy atom. The fourth-order valence-electron chi connectivity index (χ4n) is 2.88. The molecular formula is C13H19N5O2. The number of hydrogen-bond acceptors (Lipinski definition) is 4. The van der Waals surface area contributed by atoms with Crippen molar-refractivity contribution < 1.29 is 9.59 Å². The molecule has 2 amide bonds. The van der Waals surface area contributed by atoms with Gasteiger partial charge in [0, 0.05) is 5.92 Å². The fourth-order valence-corrected chi connectivity index (χ4v) is 2.88. The molecule has 1 saturated carbocycles. The number of carbonyl (C=O) groups excluding carboxylic acids is 2. The van der Waals surface area contributed by atoms with Crippen molar-refractivity contribution in [1.29, 1.82) is 0 Å². The Balaban J connectivity index is 1.58. The summed E-state index contributed by atoms with van der Waals surface area (Å²) >= 11 is 0. The second kappa shape index (κ2) is 5.60. The molecule has 0 saturated heterocycles. The van der Waals surface area contributed by atoms with E-state index in [2.05, 4.69) is 20.9 Å². The Kier molecular flexibility index (Phi) is 3.66. The smallest absolute Gasteiger partial charge is 0.242 e. The number of carbonyl (C=O) groups is 2. The summed E-state index contributed by atoms with van der Waals surface area (Å²) in [6, 6.07) is 0. The SMILES string of the molecule is O=C1Cn2nnc(CNC(=O)C3CCCCC3)c2CN1. The first-order valence-electron chi connectivity index (χ1n) is 7.19. The molecule has 3 rings (SSSR count). The molecule has 1 aliphatic heterocycles. The van der Waals surface area contributed by atoms with Gasteiger partial charge >= 0.3 is 0 Å². The second-order valence-corrected chi connectivity index (χ2v) is 5.47. The molecule has 1 fully saturated rings. The Hall–Kier alpha value is -1.92. The van der Waals surface area contributed by atoms with Crippen LogP contribution in [-0.4, -0.2) is 26.8 Å². The molecule has 20 heavy (non-hydrogen) atoms. The second-order valence-electron chi connectivity index (χ2n) is 5.47. The lowest BCUT2D eigenvalue weighted by Gasteiger charge is -2.20. The van der Waals surface area contributed by atoms with Crippen LogP contribution >= 0.6 is 0 Å². The van der Waals surface area contributed by atoms with Crippen LogP contribution < -0.4 is 10.6 Å². The average Bonchev–Trinajstić information content (AvgIpc) is 2.88. The van der Waals surface area contributed by atoms with Gasteiger partial charge in [0.05, 0.1) is 18.8 Å². The van der Waals surface area contributed by atoms with Crippen LogP contribution in [0.1, 0.15) is 43.5 Å². The fraction of sp³-hybridized carbons (Fsp3) is 0.692.